The third-order valence-electron chi connectivity index (χ3n) is 2.63. The predicted molar refractivity (Wildman–Crippen MR) is 67.1 cm³/mol. The summed E-state index contributed by atoms with van der Waals surface area (Å²) in [5, 5.41) is 10.6. The van der Waals surface area contributed by atoms with Crippen molar-refractivity contribution in [2.24, 2.45) is 7.05 Å². The normalized spacial score (nSPS) is 10.4. The van der Waals surface area contributed by atoms with Crippen LogP contribution in [-0.4, -0.2) is 19.8 Å². The minimum absolute atomic E-state index is 0.0505. The summed E-state index contributed by atoms with van der Waals surface area (Å²) in [6.45, 7) is -0.0505. The highest BCUT2D eigenvalue weighted by Crippen LogP contribution is 2.06. The highest BCUT2D eigenvalue weighted by atomic mass is 16.6. The lowest BCUT2D eigenvalue weighted by molar-refractivity contribution is -0.386. The molecule has 0 amide bonds. The van der Waals surface area contributed by atoms with Crippen LogP contribution in [0.4, 0.5) is 5.69 Å². The fourth-order valence-corrected chi connectivity index (χ4v) is 1.67. The van der Waals surface area contributed by atoms with Gasteiger partial charge in [-0.3, -0.25) is 19.7 Å². The maximum Gasteiger partial charge on any atom is 0.332 e. The summed E-state index contributed by atoms with van der Waals surface area (Å²) in [5.41, 5.74) is -0.694. The van der Waals surface area contributed by atoms with Crippen LogP contribution in [0.3, 0.4) is 0 Å². The van der Waals surface area contributed by atoms with E-state index in [1.165, 1.54) is 10.8 Å². The molecule has 0 radical (unpaired) electrons. The lowest BCUT2D eigenvalue weighted by Crippen LogP contribution is -2.15. The van der Waals surface area contributed by atoms with Crippen LogP contribution in [0.5, 0.6) is 0 Å². The standard InChI is InChI=1S/C12H11N3O4/c1-13-4-2-9(6-13)12(17)8-14-5-3-11(16)10(7-14)15(18)19/h2-7H,8H2,1H3. The number of nitrogens with zero attached hydrogens (tertiary/aromatic N) is 3. The van der Waals surface area contributed by atoms with Crippen molar-refractivity contribution in [1.82, 2.24) is 9.13 Å². The molecule has 0 fully saturated rings. The third-order valence-corrected chi connectivity index (χ3v) is 2.63. The van der Waals surface area contributed by atoms with Crippen molar-refractivity contribution < 1.29 is 9.72 Å². The monoisotopic (exact) mass is 261 g/mol. The second-order valence-corrected chi connectivity index (χ2v) is 4.11. The Morgan fingerprint density at radius 3 is 2.63 bits per heavy atom. The zero-order chi connectivity index (χ0) is 14.0. The van der Waals surface area contributed by atoms with E-state index < -0.39 is 16.0 Å². The van der Waals surface area contributed by atoms with Gasteiger partial charge >= 0.3 is 5.69 Å². The Balaban J connectivity index is 2.24. The highest BCUT2D eigenvalue weighted by molar-refractivity contribution is 5.95. The van der Waals surface area contributed by atoms with Gasteiger partial charge in [-0.1, -0.05) is 0 Å². The summed E-state index contributed by atoms with van der Waals surface area (Å²) in [6, 6.07) is 2.75. The molecule has 7 heteroatoms. The summed E-state index contributed by atoms with van der Waals surface area (Å²) in [7, 11) is 1.79. The van der Waals surface area contributed by atoms with Crippen molar-refractivity contribution in [1.29, 1.82) is 0 Å². The molecule has 0 atom stereocenters. The van der Waals surface area contributed by atoms with E-state index in [2.05, 4.69) is 0 Å². The van der Waals surface area contributed by atoms with Gasteiger partial charge in [0, 0.05) is 37.3 Å². The Labute approximate surface area is 107 Å². The molecule has 19 heavy (non-hydrogen) atoms. The van der Waals surface area contributed by atoms with Crippen LogP contribution >= 0.6 is 0 Å². The number of aryl methyl sites for hydroxylation is 1. The first-order chi connectivity index (χ1) is 8.97. The zero-order valence-corrected chi connectivity index (χ0v) is 10.1. The van der Waals surface area contributed by atoms with E-state index in [1.807, 2.05) is 0 Å². The molecular formula is C12H11N3O4. The number of aromatic nitrogens is 2. The molecule has 0 aliphatic rings. The number of Topliss-reactive ketones (excluding diaryl/α,β-unsaturated/α-hetero) is 1. The fourth-order valence-electron chi connectivity index (χ4n) is 1.67. The van der Waals surface area contributed by atoms with Crippen LogP contribution in [0.1, 0.15) is 10.4 Å². The molecule has 0 aliphatic heterocycles. The molecule has 0 unspecified atom stereocenters. The smallest absolute Gasteiger partial charge is 0.332 e. The van der Waals surface area contributed by atoms with Gasteiger partial charge in [-0.15, -0.1) is 0 Å². The molecule has 2 rings (SSSR count). The molecule has 0 saturated carbocycles. The van der Waals surface area contributed by atoms with Crippen LogP contribution in [-0.2, 0) is 13.6 Å². The number of ketones is 1. The lowest BCUT2D eigenvalue weighted by atomic mass is 10.2. The number of nitro groups is 1. The topological polar surface area (TPSA) is 87.1 Å². The minimum Gasteiger partial charge on any atom is -0.357 e. The van der Waals surface area contributed by atoms with E-state index in [1.54, 1.807) is 30.1 Å². The molecule has 0 aliphatic carbocycles. The number of carbonyl (C=O) groups is 1. The van der Waals surface area contributed by atoms with Gasteiger partial charge in [-0.2, -0.15) is 0 Å². The molecular weight excluding hydrogens is 250 g/mol. The number of hydrogen-bond acceptors (Lipinski definition) is 4. The fraction of sp³-hybridized carbons (Fsp3) is 0.167. The molecule has 98 valence electrons. The molecule has 0 bridgehead atoms. The first kappa shape index (κ1) is 12.7. The molecule has 2 aromatic rings. The van der Waals surface area contributed by atoms with E-state index in [4.69, 9.17) is 0 Å². The molecule has 0 N–H and O–H groups in total. The van der Waals surface area contributed by atoms with E-state index in [-0.39, 0.29) is 12.3 Å². The van der Waals surface area contributed by atoms with Crippen molar-refractivity contribution >= 4 is 11.5 Å². The number of pyridine rings is 1. The molecule has 0 aromatic carbocycles. The van der Waals surface area contributed by atoms with Gasteiger partial charge < -0.3 is 9.13 Å². The summed E-state index contributed by atoms with van der Waals surface area (Å²) in [4.78, 5) is 33.0. The van der Waals surface area contributed by atoms with E-state index in [0.717, 1.165) is 12.3 Å². The number of hydrogen-bond donors (Lipinski definition) is 0. The van der Waals surface area contributed by atoms with Gasteiger partial charge in [0.15, 0.2) is 5.78 Å². The maximum atomic E-state index is 11.9. The van der Waals surface area contributed by atoms with Crippen LogP contribution in [0.15, 0.2) is 41.7 Å². The van der Waals surface area contributed by atoms with Crippen LogP contribution < -0.4 is 5.43 Å². The minimum atomic E-state index is -0.758. The summed E-state index contributed by atoms with van der Waals surface area (Å²) in [6.07, 6.45) is 5.83. The number of carbonyl (C=O) groups excluding carboxylic acids is 1. The largest absolute Gasteiger partial charge is 0.357 e. The van der Waals surface area contributed by atoms with Crippen molar-refractivity contribution in [2.75, 3.05) is 0 Å². The van der Waals surface area contributed by atoms with E-state index >= 15 is 0 Å². The van der Waals surface area contributed by atoms with Crippen LogP contribution in [0.25, 0.3) is 0 Å². The number of rotatable bonds is 4. The second kappa shape index (κ2) is 4.89. The van der Waals surface area contributed by atoms with Crippen molar-refractivity contribution in [3.8, 4) is 0 Å². The highest BCUT2D eigenvalue weighted by Gasteiger charge is 2.13. The second-order valence-electron chi connectivity index (χ2n) is 4.11. The van der Waals surface area contributed by atoms with E-state index in [0.29, 0.717) is 5.56 Å². The molecule has 2 aromatic heterocycles. The molecule has 7 nitrogen and oxygen atoms in total. The SMILES string of the molecule is Cn1ccc(C(=O)Cn2ccc(=O)c([N+](=O)[O-])c2)c1. The van der Waals surface area contributed by atoms with Gasteiger partial charge in [0.2, 0.25) is 0 Å². The molecule has 2 heterocycles. The van der Waals surface area contributed by atoms with Crippen LogP contribution in [0.2, 0.25) is 0 Å². The van der Waals surface area contributed by atoms with Crippen LogP contribution in [0, 0.1) is 10.1 Å². The zero-order valence-electron chi connectivity index (χ0n) is 10.1. The predicted octanol–water partition coefficient (Wildman–Crippen LogP) is 0.978. The van der Waals surface area contributed by atoms with Gasteiger partial charge in [-0.05, 0) is 6.07 Å². The Hall–Kier alpha value is -2.70. The summed E-state index contributed by atoms with van der Waals surface area (Å²) >= 11 is 0. The Morgan fingerprint density at radius 1 is 1.32 bits per heavy atom. The first-order valence-electron chi connectivity index (χ1n) is 5.47. The summed E-state index contributed by atoms with van der Waals surface area (Å²) in [5.74, 6) is -0.182. The van der Waals surface area contributed by atoms with E-state index in [9.17, 15) is 19.7 Å². The molecule has 0 spiro atoms. The van der Waals surface area contributed by atoms with Gasteiger partial charge in [0.05, 0.1) is 17.7 Å². The Morgan fingerprint density at radius 2 is 2.05 bits per heavy atom. The van der Waals surface area contributed by atoms with Gasteiger partial charge in [0.25, 0.3) is 5.43 Å². The van der Waals surface area contributed by atoms with Crippen molar-refractivity contribution in [2.45, 2.75) is 6.54 Å². The summed E-state index contributed by atoms with van der Waals surface area (Å²) < 4.78 is 3.07. The van der Waals surface area contributed by atoms with Crippen molar-refractivity contribution in [3.63, 3.8) is 0 Å². The Bertz CT molecular complexity index is 699. The maximum absolute atomic E-state index is 11.9. The third kappa shape index (κ3) is 2.76. The van der Waals surface area contributed by atoms with Gasteiger partial charge in [0.1, 0.15) is 0 Å². The average Bonchev–Trinajstić information content (AvgIpc) is 2.78. The molecule has 0 saturated heterocycles. The van der Waals surface area contributed by atoms with Crippen molar-refractivity contribution in [3.05, 3.63) is 62.8 Å². The van der Waals surface area contributed by atoms with Gasteiger partial charge in [-0.25, -0.2) is 0 Å². The Kier molecular flexibility index (Phi) is 3.28. The lowest BCUT2D eigenvalue weighted by Gasteiger charge is -2.03. The quantitative estimate of drug-likeness (QED) is 0.466. The average molecular weight is 261 g/mol. The first-order valence-corrected chi connectivity index (χ1v) is 5.47.